The van der Waals surface area contributed by atoms with E-state index in [1.165, 1.54) is 5.56 Å². The Hall–Kier alpha value is -3.41. The molecule has 0 atom stereocenters. The molecule has 3 N–H and O–H groups in total. The first kappa shape index (κ1) is 19.4. The van der Waals surface area contributed by atoms with Gasteiger partial charge in [-0.25, -0.2) is 9.78 Å². The van der Waals surface area contributed by atoms with E-state index in [4.69, 9.17) is 5.11 Å². The Morgan fingerprint density at radius 3 is 2.36 bits per heavy atom. The van der Waals surface area contributed by atoms with Crippen LogP contribution in [0.15, 0.2) is 48.5 Å². The Balaban J connectivity index is 1.87. The summed E-state index contributed by atoms with van der Waals surface area (Å²) in [6.07, 6.45) is 0. The number of carbonyl (C=O) groups is 1. The monoisotopic (exact) mass is 376 g/mol. The molecule has 2 aromatic carbocycles. The first-order valence-corrected chi connectivity index (χ1v) is 9.16. The van der Waals surface area contributed by atoms with Gasteiger partial charge in [0.25, 0.3) is 0 Å². The Morgan fingerprint density at radius 1 is 1.00 bits per heavy atom. The molecule has 0 aliphatic rings. The average Bonchev–Trinajstić information content (AvgIpc) is 2.63. The van der Waals surface area contributed by atoms with Crippen LogP contribution in [0.1, 0.15) is 46.9 Å². The third kappa shape index (κ3) is 4.46. The SMILES string of the molecule is Cc1cc(Nc2ccc(C(=O)O)cc2)nc(Nc2c(C)cccc2C(C)C)n1. The van der Waals surface area contributed by atoms with Crippen LogP contribution in [0.4, 0.5) is 23.1 Å². The van der Waals surface area contributed by atoms with Gasteiger partial charge in [-0.15, -0.1) is 0 Å². The number of anilines is 4. The molecule has 0 radical (unpaired) electrons. The molecule has 1 aromatic heterocycles. The lowest BCUT2D eigenvalue weighted by molar-refractivity contribution is 0.0697. The molecule has 0 saturated heterocycles. The van der Waals surface area contributed by atoms with Crippen molar-refractivity contribution in [1.29, 1.82) is 0 Å². The summed E-state index contributed by atoms with van der Waals surface area (Å²) in [6.45, 7) is 8.29. The van der Waals surface area contributed by atoms with Crippen molar-refractivity contribution in [3.63, 3.8) is 0 Å². The average molecular weight is 376 g/mol. The molecule has 28 heavy (non-hydrogen) atoms. The summed E-state index contributed by atoms with van der Waals surface area (Å²) in [6, 6.07) is 14.6. The summed E-state index contributed by atoms with van der Waals surface area (Å²) in [5.41, 5.74) is 5.20. The molecule has 0 bridgehead atoms. The number of benzene rings is 2. The number of carboxylic acids is 1. The predicted octanol–water partition coefficient (Wildman–Crippen LogP) is 5.40. The van der Waals surface area contributed by atoms with Crippen LogP contribution in [0.2, 0.25) is 0 Å². The second-order valence-corrected chi connectivity index (χ2v) is 7.04. The van der Waals surface area contributed by atoms with E-state index in [0.29, 0.717) is 17.7 Å². The number of aromatic nitrogens is 2. The Kier molecular flexibility index (Phi) is 5.59. The molecule has 6 nitrogen and oxygen atoms in total. The highest BCUT2D eigenvalue weighted by Crippen LogP contribution is 2.29. The van der Waals surface area contributed by atoms with Gasteiger partial charge in [-0.3, -0.25) is 0 Å². The van der Waals surface area contributed by atoms with Crippen molar-refractivity contribution in [2.24, 2.45) is 0 Å². The minimum absolute atomic E-state index is 0.243. The fourth-order valence-corrected chi connectivity index (χ4v) is 2.99. The number of aryl methyl sites for hydroxylation is 2. The Bertz CT molecular complexity index is 998. The minimum Gasteiger partial charge on any atom is -0.478 e. The highest BCUT2D eigenvalue weighted by molar-refractivity contribution is 5.88. The zero-order valence-electron chi connectivity index (χ0n) is 16.4. The summed E-state index contributed by atoms with van der Waals surface area (Å²) in [4.78, 5) is 20.1. The molecule has 0 amide bonds. The van der Waals surface area contributed by atoms with Gasteiger partial charge in [-0.05, 0) is 55.2 Å². The van der Waals surface area contributed by atoms with Gasteiger partial charge in [0, 0.05) is 23.1 Å². The molecular weight excluding hydrogens is 352 g/mol. The van der Waals surface area contributed by atoms with Crippen molar-refractivity contribution in [1.82, 2.24) is 9.97 Å². The number of para-hydroxylation sites is 1. The van der Waals surface area contributed by atoms with Crippen LogP contribution < -0.4 is 10.6 Å². The number of hydrogen-bond donors (Lipinski definition) is 3. The van der Waals surface area contributed by atoms with Gasteiger partial charge in [0.05, 0.1) is 5.56 Å². The molecule has 0 spiro atoms. The third-order valence-electron chi connectivity index (χ3n) is 4.42. The van der Waals surface area contributed by atoms with Crippen LogP contribution in [0.25, 0.3) is 0 Å². The fourth-order valence-electron chi connectivity index (χ4n) is 2.99. The second kappa shape index (κ2) is 8.08. The molecule has 0 fully saturated rings. The predicted molar refractivity (Wildman–Crippen MR) is 112 cm³/mol. The Labute approximate surface area is 164 Å². The van der Waals surface area contributed by atoms with E-state index in [9.17, 15) is 4.79 Å². The van der Waals surface area contributed by atoms with Gasteiger partial charge in [0.2, 0.25) is 5.95 Å². The summed E-state index contributed by atoms with van der Waals surface area (Å²) in [5, 5.41) is 15.6. The Morgan fingerprint density at radius 2 is 1.71 bits per heavy atom. The topological polar surface area (TPSA) is 87.1 Å². The van der Waals surface area contributed by atoms with E-state index in [1.54, 1.807) is 24.3 Å². The van der Waals surface area contributed by atoms with Crippen molar-refractivity contribution >= 4 is 29.1 Å². The molecule has 3 rings (SSSR count). The van der Waals surface area contributed by atoms with Crippen molar-refractivity contribution in [2.75, 3.05) is 10.6 Å². The van der Waals surface area contributed by atoms with Crippen LogP contribution in [0.3, 0.4) is 0 Å². The van der Waals surface area contributed by atoms with Crippen LogP contribution in [-0.4, -0.2) is 21.0 Å². The van der Waals surface area contributed by atoms with Crippen LogP contribution in [0.5, 0.6) is 0 Å². The molecule has 0 unspecified atom stereocenters. The molecule has 6 heteroatoms. The van der Waals surface area contributed by atoms with E-state index in [-0.39, 0.29) is 5.56 Å². The molecule has 0 saturated carbocycles. The van der Waals surface area contributed by atoms with Crippen molar-refractivity contribution < 1.29 is 9.90 Å². The second-order valence-electron chi connectivity index (χ2n) is 7.04. The normalized spacial score (nSPS) is 10.8. The minimum atomic E-state index is -0.949. The maximum Gasteiger partial charge on any atom is 0.335 e. The van der Waals surface area contributed by atoms with Gasteiger partial charge < -0.3 is 15.7 Å². The van der Waals surface area contributed by atoms with Gasteiger partial charge in [-0.2, -0.15) is 4.98 Å². The maximum absolute atomic E-state index is 11.0. The number of nitrogens with one attached hydrogen (secondary N) is 2. The van der Waals surface area contributed by atoms with Crippen molar-refractivity contribution in [3.8, 4) is 0 Å². The van der Waals surface area contributed by atoms with Crippen LogP contribution in [0, 0.1) is 13.8 Å². The molecule has 0 aliphatic heterocycles. The number of carboxylic acid groups (broad SMARTS) is 1. The summed E-state index contributed by atoms with van der Waals surface area (Å²) in [7, 11) is 0. The lowest BCUT2D eigenvalue weighted by Gasteiger charge is -2.17. The quantitative estimate of drug-likeness (QED) is 0.534. The first-order valence-electron chi connectivity index (χ1n) is 9.16. The number of hydrogen-bond acceptors (Lipinski definition) is 5. The maximum atomic E-state index is 11.0. The zero-order chi connectivity index (χ0) is 20.3. The standard InChI is InChI=1S/C22H24N4O2/c1-13(2)18-7-5-6-14(3)20(18)26-22-23-15(4)12-19(25-22)24-17-10-8-16(9-11-17)21(27)28/h5-13H,1-4H3,(H,27,28)(H2,23,24,25,26). The third-order valence-corrected chi connectivity index (χ3v) is 4.42. The van der Waals surface area contributed by atoms with E-state index in [0.717, 1.165) is 22.6 Å². The van der Waals surface area contributed by atoms with Gasteiger partial charge >= 0.3 is 5.97 Å². The van der Waals surface area contributed by atoms with Crippen molar-refractivity contribution in [2.45, 2.75) is 33.6 Å². The van der Waals surface area contributed by atoms with Crippen LogP contribution >= 0.6 is 0 Å². The van der Waals surface area contributed by atoms with E-state index in [2.05, 4.69) is 59.6 Å². The lowest BCUT2D eigenvalue weighted by atomic mass is 9.98. The van der Waals surface area contributed by atoms with E-state index in [1.807, 2.05) is 13.0 Å². The molecule has 144 valence electrons. The largest absolute Gasteiger partial charge is 0.478 e. The molecular formula is C22H24N4O2. The van der Waals surface area contributed by atoms with Crippen molar-refractivity contribution in [3.05, 3.63) is 70.9 Å². The summed E-state index contributed by atoms with van der Waals surface area (Å²) in [5.74, 6) is 0.575. The lowest BCUT2D eigenvalue weighted by Crippen LogP contribution is -2.06. The highest BCUT2D eigenvalue weighted by Gasteiger charge is 2.11. The molecule has 3 aromatic rings. The highest BCUT2D eigenvalue weighted by atomic mass is 16.4. The summed E-state index contributed by atoms with van der Waals surface area (Å²) < 4.78 is 0. The number of rotatable bonds is 6. The van der Waals surface area contributed by atoms with Gasteiger partial charge in [0.15, 0.2) is 0 Å². The van der Waals surface area contributed by atoms with E-state index >= 15 is 0 Å². The zero-order valence-corrected chi connectivity index (χ0v) is 16.4. The first-order chi connectivity index (χ1) is 13.3. The number of aromatic carboxylic acids is 1. The fraction of sp³-hybridized carbons (Fsp3) is 0.227. The summed E-state index contributed by atoms with van der Waals surface area (Å²) >= 11 is 0. The molecule has 1 heterocycles. The van der Waals surface area contributed by atoms with Gasteiger partial charge in [-0.1, -0.05) is 32.0 Å². The smallest absolute Gasteiger partial charge is 0.335 e. The van der Waals surface area contributed by atoms with Gasteiger partial charge in [0.1, 0.15) is 5.82 Å². The molecule has 0 aliphatic carbocycles. The number of nitrogens with zero attached hydrogens (tertiary/aromatic N) is 2. The van der Waals surface area contributed by atoms with E-state index < -0.39 is 5.97 Å². The van der Waals surface area contributed by atoms with Crippen LogP contribution in [-0.2, 0) is 0 Å².